The lowest BCUT2D eigenvalue weighted by atomic mass is 10.00. The van der Waals surface area contributed by atoms with Crippen molar-refractivity contribution in [2.24, 2.45) is 0 Å². The molecule has 0 aliphatic carbocycles. The summed E-state index contributed by atoms with van der Waals surface area (Å²) in [6.45, 7) is 0.813. The normalized spacial score (nSPS) is 18.1. The molecule has 1 aromatic carbocycles. The van der Waals surface area contributed by atoms with E-state index in [0.717, 1.165) is 11.4 Å². The molecule has 2 aliphatic heterocycles. The van der Waals surface area contributed by atoms with Crippen LogP contribution in [0.4, 0.5) is 19.0 Å². The van der Waals surface area contributed by atoms with Gasteiger partial charge in [-0.1, -0.05) is 12.1 Å². The van der Waals surface area contributed by atoms with Crippen LogP contribution >= 0.6 is 0 Å². The number of nitrogens with one attached hydrogen (secondary N) is 1. The Kier molecular flexibility index (Phi) is 4.31. The molecule has 0 atom stereocenters. The van der Waals surface area contributed by atoms with Crippen LogP contribution in [0.2, 0.25) is 0 Å². The number of benzene rings is 1. The van der Waals surface area contributed by atoms with Crippen molar-refractivity contribution in [2.75, 3.05) is 24.6 Å². The van der Waals surface area contributed by atoms with Crippen LogP contribution in [0.5, 0.6) is 0 Å². The number of aromatic nitrogens is 3. The van der Waals surface area contributed by atoms with Crippen molar-refractivity contribution in [1.82, 2.24) is 15.0 Å². The maximum Gasteiger partial charge on any atom is 0.266 e. The molecule has 1 fully saturated rings. The van der Waals surface area contributed by atoms with Gasteiger partial charge in [0, 0.05) is 25.6 Å². The average molecular weight is 400 g/mol. The van der Waals surface area contributed by atoms with Gasteiger partial charge in [-0.15, -0.1) is 0 Å². The molecule has 1 saturated heterocycles. The number of alkyl halides is 2. The molecule has 0 saturated carbocycles. The van der Waals surface area contributed by atoms with E-state index >= 15 is 0 Å². The molecular weight excluding hydrogens is 381 g/mol. The zero-order valence-corrected chi connectivity index (χ0v) is 15.6. The number of aromatic amines is 1. The van der Waals surface area contributed by atoms with E-state index in [0.29, 0.717) is 48.0 Å². The third-order valence-corrected chi connectivity index (χ3v) is 5.37. The van der Waals surface area contributed by atoms with Crippen LogP contribution in [0.15, 0.2) is 36.5 Å². The number of pyridine rings is 1. The van der Waals surface area contributed by atoms with Crippen LogP contribution in [0.3, 0.4) is 0 Å². The Morgan fingerprint density at radius 3 is 2.86 bits per heavy atom. The molecule has 8 heteroatoms. The number of anilines is 1. The number of halogens is 3. The number of H-pyrrole nitrogens is 1. The minimum absolute atomic E-state index is 0.198. The summed E-state index contributed by atoms with van der Waals surface area (Å²) in [5.74, 6) is -2.16. The second-order valence-corrected chi connectivity index (χ2v) is 7.41. The molecule has 0 unspecified atom stereocenters. The Balaban J connectivity index is 1.70. The Bertz CT molecular complexity index is 1040. The Hall–Kier alpha value is -2.87. The van der Waals surface area contributed by atoms with Gasteiger partial charge >= 0.3 is 0 Å². The summed E-state index contributed by atoms with van der Waals surface area (Å²) in [5, 5.41) is 0. The Labute approximate surface area is 165 Å². The van der Waals surface area contributed by atoms with Crippen molar-refractivity contribution < 1.29 is 17.9 Å². The molecular formula is C21H19F3N4O. The smallest absolute Gasteiger partial charge is 0.266 e. The molecule has 0 spiro atoms. The van der Waals surface area contributed by atoms with E-state index in [-0.39, 0.29) is 18.8 Å². The lowest BCUT2D eigenvalue weighted by Gasteiger charge is -2.21. The summed E-state index contributed by atoms with van der Waals surface area (Å²) < 4.78 is 47.2. The van der Waals surface area contributed by atoms with E-state index in [1.165, 1.54) is 12.1 Å². The van der Waals surface area contributed by atoms with Gasteiger partial charge in [0.15, 0.2) is 0 Å². The SMILES string of the molecule is Fc1cccc(-c2ccnc(N3CCC(F)(F)C3)c2-c2nc3c([nH]2)COCC3)c1. The highest BCUT2D eigenvalue weighted by atomic mass is 19.3. The highest BCUT2D eigenvalue weighted by Crippen LogP contribution is 2.40. The fraction of sp³-hybridized carbons (Fsp3) is 0.333. The van der Waals surface area contributed by atoms with Gasteiger partial charge < -0.3 is 14.6 Å². The van der Waals surface area contributed by atoms with E-state index in [1.54, 1.807) is 29.3 Å². The number of ether oxygens (including phenoxy) is 1. The van der Waals surface area contributed by atoms with Gasteiger partial charge in [0.2, 0.25) is 0 Å². The second kappa shape index (κ2) is 6.88. The number of hydrogen-bond acceptors (Lipinski definition) is 4. The highest BCUT2D eigenvalue weighted by Gasteiger charge is 2.40. The summed E-state index contributed by atoms with van der Waals surface area (Å²) in [6.07, 6.45) is 2.03. The van der Waals surface area contributed by atoms with E-state index < -0.39 is 12.5 Å². The van der Waals surface area contributed by atoms with E-state index in [4.69, 9.17) is 9.72 Å². The molecule has 3 aromatic rings. The maximum absolute atomic E-state index is 13.9. The molecule has 5 rings (SSSR count). The predicted octanol–water partition coefficient (Wildman–Crippen LogP) is 4.20. The average Bonchev–Trinajstić information content (AvgIpc) is 3.30. The van der Waals surface area contributed by atoms with Gasteiger partial charge in [-0.3, -0.25) is 0 Å². The van der Waals surface area contributed by atoms with Crippen LogP contribution in [0, 0.1) is 5.82 Å². The first-order valence-electron chi connectivity index (χ1n) is 9.54. The molecule has 1 N–H and O–H groups in total. The molecule has 2 aliphatic rings. The molecule has 4 heterocycles. The fourth-order valence-corrected chi connectivity index (χ4v) is 3.97. The quantitative estimate of drug-likeness (QED) is 0.716. The summed E-state index contributed by atoms with van der Waals surface area (Å²) in [4.78, 5) is 14.0. The second-order valence-electron chi connectivity index (χ2n) is 7.41. The standard InChI is InChI=1S/C21H19F3N4O/c22-14-3-1-2-13(10-14)15-4-7-25-20(28-8-6-21(23,24)12-28)18(15)19-26-16-5-9-29-11-17(16)27-19/h1-4,7,10H,5-6,8-9,11-12H2,(H,26,27). The van der Waals surface area contributed by atoms with Gasteiger partial charge in [0.25, 0.3) is 5.92 Å². The number of hydrogen-bond donors (Lipinski definition) is 1. The topological polar surface area (TPSA) is 54.0 Å². The van der Waals surface area contributed by atoms with E-state index in [9.17, 15) is 13.2 Å². The van der Waals surface area contributed by atoms with Crippen LogP contribution < -0.4 is 4.90 Å². The molecule has 0 amide bonds. The van der Waals surface area contributed by atoms with Crippen molar-refractivity contribution >= 4 is 5.82 Å². The summed E-state index contributed by atoms with van der Waals surface area (Å²) in [7, 11) is 0. The monoisotopic (exact) mass is 400 g/mol. The lowest BCUT2D eigenvalue weighted by Crippen LogP contribution is -2.26. The zero-order chi connectivity index (χ0) is 20.0. The van der Waals surface area contributed by atoms with Gasteiger partial charge in [-0.2, -0.15) is 0 Å². The van der Waals surface area contributed by atoms with Crippen molar-refractivity contribution in [3.8, 4) is 22.5 Å². The van der Waals surface area contributed by atoms with Gasteiger partial charge in [-0.05, 0) is 29.3 Å². The first-order valence-corrected chi connectivity index (χ1v) is 9.54. The predicted molar refractivity (Wildman–Crippen MR) is 102 cm³/mol. The highest BCUT2D eigenvalue weighted by molar-refractivity contribution is 5.88. The Morgan fingerprint density at radius 1 is 1.21 bits per heavy atom. The van der Waals surface area contributed by atoms with Crippen molar-refractivity contribution in [2.45, 2.75) is 25.4 Å². The molecule has 0 radical (unpaired) electrons. The van der Waals surface area contributed by atoms with E-state index in [1.807, 2.05) is 0 Å². The first kappa shape index (κ1) is 18.2. The molecule has 2 aromatic heterocycles. The van der Waals surface area contributed by atoms with Gasteiger partial charge in [0.05, 0.1) is 36.7 Å². The minimum atomic E-state index is -2.76. The summed E-state index contributed by atoms with van der Waals surface area (Å²) in [5.41, 5.74) is 3.71. The van der Waals surface area contributed by atoms with Gasteiger partial charge in [-0.25, -0.2) is 23.1 Å². The summed E-state index contributed by atoms with van der Waals surface area (Å²) >= 11 is 0. The largest absolute Gasteiger partial charge is 0.375 e. The van der Waals surface area contributed by atoms with Crippen molar-refractivity contribution in [3.63, 3.8) is 0 Å². The molecule has 29 heavy (non-hydrogen) atoms. The fourth-order valence-electron chi connectivity index (χ4n) is 3.97. The number of imidazole rings is 1. The van der Waals surface area contributed by atoms with E-state index in [2.05, 4.69) is 9.97 Å². The van der Waals surface area contributed by atoms with Crippen LogP contribution in [0.25, 0.3) is 22.5 Å². The minimum Gasteiger partial charge on any atom is -0.375 e. The molecule has 150 valence electrons. The molecule has 0 bridgehead atoms. The summed E-state index contributed by atoms with van der Waals surface area (Å²) in [6, 6.07) is 7.97. The third kappa shape index (κ3) is 3.37. The number of nitrogens with zero attached hydrogens (tertiary/aromatic N) is 3. The number of rotatable bonds is 3. The molecule has 5 nitrogen and oxygen atoms in total. The van der Waals surface area contributed by atoms with Crippen LogP contribution in [0.1, 0.15) is 17.8 Å². The third-order valence-electron chi connectivity index (χ3n) is 5.37. The Morgan fingerprint density at radius 2 is 2.10 bits per heavy atom. The first-order chi connectivity index (χ1) is 14.0. The van der Waals surface area contributed by atoms with Crippen LogP contribution in [-0.4, -0.2) is 40.6 Å². The maximum atomic E-state index is 13.9. The van der Waals surface area contributed by atoms with Crippen molar-refractivity contribution in [1.29, 1.82) is 0 Å². The van der Waals surface area contributed by atoms with Crippen molar-refractivity contribution in [3.05, 3.63) is 53.7 Å². The number of fused-ring (bicyclic) bond motifs is 1. The zero-order valence-electron chi connectivity index (χ0n) is 15.6. The van der Waals surface area contributed by atoms with Gasteiger partial charge in [0.1, 0.15) is 17.5 Å². The van der Waals surface area contributed by atoms with Crippen LogP contribution in [-0.2, 0) is 17.8 Å². The lowest BCUT2D eigenvalue weighted by molar-refractivity contribution is 0.0257.